The molecule has 5 heteroatoms. The van der Waals surface area contributed by atoms with Gasteiger partial charge < -0.3 is 14.8 Å². The third-order valence-electron chi connectivity index (χ3n) is 3.83. The molecule has 0 unspecified atom stereocenters. The highest BCUT2D eigenvalue weighted by atomic mass is 79.9. The summed E-state index contributed by atoms with van der Waals surface area (Å²) < 4.78 is 12.3. The van der Waals surface area contributed by atoms with Crippen LogP contribution in [0.15, 0.2) is 40.9 Å². The zero-order valence-corrected chi connectivity index (χ0v) is 16.6. The third kappa shape index (κ3) is 5.40. The van der Waals surface area contributed by atoms with Gasteiger partial charge in [-0.1, -0.05) is 30.7 Å². The first-order valence-electron chi connectivity index (χ1n) is 8.00. The fourth-order valence-electron chi connectivity index (χ4n) is 2.23. The Labute approximate surface area is 157 Å². The van der Waals surface area contributed by atoms with Crippen molar-refractivity contribution >= 4 is 27.5 Å². The Morgan fingerprint density at radius 1 is 1.21 bits per heavy atom. The number of nitrogens with one attached hydrogen (secondary N) is 1. The average molecular weight is 413 g/mol. The Morgan fingerprint density at radius 2 is 2.00 bits per heavy atom. The maximum atomic E-state index is 6.01. The quantitative estimate of drug-likeness (QED) is 0.614. The van der Waals surface area contributed by atoms with Crippen molar-refractivity contribution in [1.82, 2.24) is 5.32 Å². The number of rotatable bonds is 8. The molecule has 0 aromatic heterocycles. The van der Waals surface area contributed by atoms with Crippen LogP contribution in [0.2, 0.25) is 5.02 Å². The first-order valence-corrected chi connectivity index (χ1v) is 9.17. The molecule has 0 amide bonds. The van der Waals surface area contributed by atoms with Crippen molar-refractivity contribution in [2.45, 2.75) is 39.5 Å². The van der Waals surface area contributed by atoms with Crippen LogP contribution in [0.5, 0.6) is 11.5 Å². The van der Waals surface area contributed by atoms with Gasteiger partial charge in [-0.2, -0.15) is 0 Å². The van der Waals surface area contributed by atoms with Crippen molar-refractivity contribution in [3.63, 3.8) is 0 Å². The van der Waals surface area contributed by atoms with Gasteiger partial charge in [-0.25, -0.2) is 0 Å². The Balaban J connectivity index is 2.11. The number of hydrogen-bond acceptors (Lipinski definition) is 3. The molecule has 0 aliphatic heterocycles. The zero-order valence-electron chi connectivity index (χ0n) is 14.2. The molecule has 0 aliphatic carbocycles. The molecule has 3 nitrogen and oxygen atoms in total. The van der Waals surface area contributed by atoms with E-state index in [4.69, 9.17) is 21.1 Å². The van der Waals surface area contributed by atoms with Crippen molar-refractivity contribution in [1.29, 1.82) is 0 Å². The minimum absolute atomic E-state index is 0.431. The number of benzene rings is 2. The molecule has 1 N–H and O–H groups in total. The van der Waals surface area contributed by atoms with E-state index in [1.807, 2.05) is 30.3 Å². The third-order valence-corrected chi connectivity index (χ3v) is 4.65. The molecular weight excluding hydrogens is 390 g/mol. The lowest BCUT2D eigenvalue weighted by Gasteiger charge is -2.16. The van der Waals surface area contributed by atoms with Crippen LogP contribution in [-0.2, 0) is 13.2 Å². The van der Waals surface area contributed by atoms with Gasteiger partial charge >= 0.3 is 0 Å². The molecule has 0 saturated heterocycles. The largest absolute Gasteiger partial charge is 0.493 e. The predicted molar refractivity (Wildman–Crippen MR) is 103 cm³/mol. The van der Waals surface area contributed by atoms with Gasteiger partial charge in [-0.05, 0) is 64.7 Å². The van der Waals surface area contributed by atoms with Gasteiger partial charge in [0.1, 0.15) is 6.61 Å². The summed E-state index contributed by atoms with van der Waals surface area (Å²) in [6.45, 7) is 5.56. The Morgan fingerprint density at radius 3 is 2.67 bits per heavy atom. The molecule has 0 bridgehead atoms. The lowest BCUT2D eigenvalue weighted by Crippen LogP contribution is -2.24. The van der Waals surface area contributed by atoms with E-state index in [0.29, 0.717) is 29.2 Å². The van der Waals surface area contributed by atoms with E-state index in [0.717, 1.165) is 28.6 Å². The van der Waals surface area contributed by atoms with Crippen molar-refractivity contribution in [2.75, 3.05) is 7.11 Å². The van der Waals surface area contributed by atoms with Crippen LogP contribution in [-0.4, -0.2) is 13.2 Å². The van der Waals surface area contributed by atoms with Crippen LogP contribution in [0.25, 0.3) is 0 Å². The summed E-state index contributed by atoms with van der Waals surface area (Å²) in [5.74, 6) is 1.41. The fourth-order valence-corrected chi connectivity index (χ4v) is 3.05. The van der Waals surface area contributed by atoms with Crippen LogP contribution in [0.3, 0.4) is 0 Å². The summed E-state index contributed by atoms with van der Waals surface area (Å²) in [5, 5.41) is 4.18. The normalized spacial score (nSPS) is 12.0. The van der Waals surface area contributed by atoms with Crippen molar-refractivity contribution in [3.8, 4) is 11.5 Å². The number of hydrogen-bond donors (Lipinski definition) is 1. The number of halogens is 2. The van der Waals surface area contributed by atoms with E-state index < -0.39 is 0 Å². The summed E-state index contributed by atoms with van der Waals surface area (Å²) in [6, 6.07) is 12.2. The van der Waals surface area contributed by atoms with Crippen LogP contribution >= 0.6 is 27.5 Å². The first-order chi connectivity index (χ1) is 11.5. The molecule has 2 aromatic rings. The first kappa shape index (κ1) is 19.1. The Hall–Kier alpha value is -1.23. The monoisotopic (exact) mass is 411 g/mol. The number of methoxy groups -OCH3 is 1. The lowest BCUT2D eigenvalue weighted by atomic mass is 10.1. The van der Waals surface area contributed by atoms with Crippen LogP contribution in [0.1, 0.15) is 31.4 Å². The highest BCUT2D eigenvalue weighted by Gasteiger charge is 2.12. The van der Waals surface area contributed by atoms with E-state index in [9.17, 15) is 0 Å². The second-order valence-electron chi connectivity index (χ2n) is 5.72. The zero-order chi connectivity index (χ0) is 17.5. The van der Waals surface area contributed by atoms with E-state index in [1.54, 1.807) is 7.11 Å². The van der Waals surface area contributed by atoms with Crippen LogP contribution in [0, 0.1) is 0 Å². The maximum Gasteiger partial charge on any atom is 0.175 e. The van der Waals surface area contributed by atoms with E-state index in [1.165, 1.54) is 0 Å². The van der Waals surface area contributed by atoms with Gasteiger partial charge in [0.2, 0.25) is 0 Å². The minimum atomic E-state index is 0.431. The maximum absolute atomic E-state index is 6.01. The molecular formula is C19H23BrClNO2. The van der Waals surface area contributed by atoms with Gasteiger partial charge in [0.15, 0.2) is 11.5 Å². The van der Waals surface area contributed by atoms with Crippen LogP contribution in [0.4, 0.5) is 0 Å². The number of ether oxygens (including phenoxy) is 2. The minimum Gasteiger partial charge on any atom is -0.493 e. The smallest absolute Gasteiger partial charge is 0.175 e. The van der Waals surface area contributed by atoms with Gasteiger partial charge in [-0.3, -0.25) is 0 Å². The molecule has 0 saturated carbocycles. The van der Waals surface area contributed by atoms with Gasteiger partial charge in [-0.15, -0.1) is 0 Å². The highest BCUT2D eigenvalue weighted by Crippen LogP contribution is 2.37. The predicted octanol–water partition coefficient (Wildman–Crippen LogP) is 5.58. The Kier molecular flexibility index (Phi) is 7.40. The summed E-state index contributed by atoms with van der Waals surface area (Å²) in [6.07, 6.45) is 1.10. The van der Waals surface area contributed by atoms with E-state index in [-0.39, 0.29) is 0 Å². The second-order valence-corrected chi connectivity index (χ2v) is 7.01. The lowest BCUT2D eigenvalue weighted by molar-refractivity contribution is 0.282. The van der Waals surface area contributed by atoms with Crippen LogP contribution < -0.4 is 14.8 Å². The Bertz CT molecular complexity index is 678. The highest BCUT2D eigenvalue weighted by molar-refractivity contribution is 9.10. The molecule has 0 fully saturated rings. The van der Waals surface area contributed by atoms with Crippen molar-refractivity contribution in [3.05, 3.63) is 57.0 Å². The summed E-state index contributed by atoms with van der Waals surface area (Å²) >= 11 is 9.61. The second kappa shape index (κ2) is 9.30. The molecule has 2 aromatic carbocycles. The molecule has 0 heterocycles. The SMILES string of the molecule is CC[C@@H](C)NCc1cc(Br)c(OCc2cccc(Cl)c2)c(OC)c1. The molecule has 1 atom stereocenters. The topological polar surface area (TPSA) is 30.5 Å². The summed E-state index contributed by atoms with van der Waals surface area (Å²) in [4.78, 5) is 0. The molecule has 0 radical (unpaired) electrons. The van der Waals surface area contributed by atoms with E-state index in [2.05, 4.69) is 41.2 Å². The fraction of sp³-hybridized carbons (Fsp3) is 0.368. The van der Waals surface area contributed by atoms with Gasteiger partial charge in [0.05, 0.1) is 11.6 Å². The summed E-state index contributed by atoms with van der Waals surface area (Å²) in [5.41, 5.74) is 2.16. The van der Waals surface area contributed by atoms with E-state index >= 15 is 0 Å². The van der Waals surface area contributed by atoms with Crippen molar-refractivity contribution < 1.29 is 9.47 Å². The molecule has 24 heavy (non-hydrogen) atoms. The molecule has 130 valence electrons. The molecule has 0 spiro atoms. The van der Waals surface area contributed by atoms with Gasteiger partial charge in [0, 0.05) is 17.6 Å². The summed E-state index contributed by atoms with van der Waals surface area (Å²) in [7, 11) is 1.65. The van der Waals surface area contributed by atoms with Gasteiger partial charge in [0.25, 0.3) is 0 Å². The standard InChI is InChI=1S/C19H23BrClNO2/c1-4-13(2)22-11-15-9-17(20)19(18(10-15)23-3)24-12-14-6-5-7-16(21)8-14/h5-10,13,22H,4,11-12H2,1-3H3/t13-/m1/s1. The van der Waals surface area contributed by atoms with Crippen molar-refractivity contribution in [2.24, 2.45) is 0 Å². The molecule has 0 aliphatic rings. The molecule has 2 rings (SSSR count). The average Bonchev–Trinajstić information content (AvgIpc) is 2.58.